The Kier molecular flexibility index (Phi) is 8.89. The van der Waals surface area contributed by atoms with Crippen molar-refractivity contribution >= 4 is 36.5 Å². The summed E-state index contributed by atoms with van der Waals surface area (Å²) in [5.74, 6) is -0.349. The standard InChI is InChI=1S/C25H38N7O7P/c1-3-37-23(33)18-7-5-11-31(18)40(35,32-12-6-8-19(32)24(34)38-4-2)16-36-14-13-30-15-27-20-21(30)28-25(26)29-22(20)39-17-9-10-17/h15,17-19H,3-14,16H2,1-2H3,(H2,26,28,29)/t18-,19-/m0/s1. The fourth-order valence-corrected chi connectivity index (χ4v) is 8.53. The highest BCUT2D eigenvalue weighted by Crippen LogP contribution is 2.59. The van der Waals surface area contributed by atoms with Crippen LogP contribution >= 0.6 is 7.44 Å². The zero-order valence-corrected chi connectivity index (χ0v) is 24.0. The number of hydrogen-bond donors (Lipinski definition) is 1. The maximum absolute atomic E-state index is 14.9. The molecule has 2 aliphatic heterocycles. The van der Waals surface area contributed by atoms with Crippen LogP contribution in [0.2, 0.25) is 0 Å². The minimum atomic E-state index is -3.51. The van der Waals surface area contributed by atoms with E-state index in [2.05, 4.69) is 15.0 Å². The molecular formula is C25H38N7O7P. The van der Waals surface area contributed by atoms with Crippen LogP contribution in [0.4, 0.5) is 5.95 Å². The summed E-state index contributed by atoms with van der Waals surface area (Å²) in [6.07, 6.45) is 6.01. The van der Waals surface area contributed by atoms with E-state index in [1.807, 2.05) is 0 Å². The summed E-state index contributed by atoms with van der Waals surface area (Å²) in [5.41, 5.74) is 6.97. The van der Waals surface area contributed by atoms with Crippen molar-refractivity contribution < 1.29 is 33.1 Å². The number of nitrogen functional groups attached to an aromatic ring is 1. The molecule has 1 aliphatic carbocycles. The van der Waals surface area contributed by atoms with Gasteiger partial charge in [-0.1, -0.05) is 0 Å². The van der Waals surface area contributed by atoms with E-state index >= 15 is 0 Å². The fourth-order valence-electron chi connectivity index (χ4n) is 5.37. The Morgan fingerprint density at radius 2 is 1.62 bits per heavy atom. The predicted molar refractivity (Wildman–Crippen MR) is 145 cm³/mol. The van der Waals surface area contributed by atoms with Gasteiger partial charge in [0.25, 0.3) is 0 Å². The molecule has 0 bridgehead atoms. The molecule has 2 N–H and O–H groups in total. The number of nitrogens with zero attached hydrogens (tertiary/aromatic N) is 6. The van der Waals surface area contributed by atoms with Crippen LogP contribution in [0.25, 0.3) is 11.2 Å². The monoisotopic (exact) mass is 579 g/mol. The van der Waals surface area contributed by atoms with E-state index in [-0.39, 0.29) is 38.2 Å². The average Bonchev–Trinajstić information content (AvgIpc) is 3.31. The number of ether oxygens (including phenoxy) is 4. The molecule has 0 aromatic carbocycles. The minimum Gasteiger partial charge on any atom is -0.473 e. The van der Waals surface area contributed by atoms with Crippen LogP contribution in [0.5, 0.6) is 5.88 Å². The smallest absolute Gasteiger partial charge is 0.323 e. The molecule has 2 atom stereocenters. The van der Waals surface area contributed by atoms with Gasteiger partial charge in [-0.3, -0.25) is 14.2 Å². The first kappa shape index (κ1) is 28.7. The number of esters is 2. The van der Waals surface area contributed by atoms with Gasteiger partial charge in [-0.2, -0.15) is 9.97 Å². The van der Waals surface area contributed by atoms with E-state index in [4.69, 9.17) is 24.7 Å². The summed E-state index contributed by atoms with van der Waals surface area (Å²) in [6.45, 7) is 5.41. The molecule has 0 amide bonds. The third-order valence-corrected chi connectivity index (χ3v) is 10.4. The third-order valence-electron chi connectivity index (χ3n) is 7.36. The molecule has 0 radical (unpaired) electrons. The molecule has 220 valence electrons. The lowest BCUT2D eigenvalue weighted by atomic mass is 10.2. The van der Waals surface area contributed by atoms with Crippen molar-refractivity contribution in [1.29, 1.82) is 0 Å². The van der Waals surface area contributed by atoms with E-state index in [9.17, 15) is 14.2 Å². The summed E-state index contributed by atoms with van der Waals surface area (Å²) in [5, 5.41) is 0. The normalized spacial score (nSPS) is 22.1. The number of nitrogens with two attached hydrogens (primary N) is 1. The molecule has 2 aromatic heterocycles. The molecule has 40 heavy (non-hydrogen) atoms. The Balaban J connectivity index is 1.32. The van der Waals surface area contributed by atoms with Crippen molar-refractivity contribution in [2.75, 3.05) is 45.0 Å². The number of hydrogen-bond acceptors (Lipinski definition) is 11. The number of carbonyl (C=O) groups excluding carboxylic acids is 2. The molecule has 14 nitrogen and oxygen atoms in total. The molecule has 2 saturated heterocycles. The van der Waals surface area contributed by atoms with Crippen LogP contribution < -0.4 is 10.5 Å². The van der Waals surface area contributed by atoms with Crippen molar-refractivity contribution in [3.05, 3.63) is 6.33 Å². The first-order chi connectivity index (χ1) is 19.4. The Bertz CT molecular complexity index is 1230. The van der Waals surface area contributed by atoms with E-state index in [1.54, 1.807) is 34.1 Å². The lowest BCUT2D eigenvalue weighted by Gasteiger charge is -2.39. The molecule has 3 fully saturated rings. The second-order valence-corrected chi connectivity index (χ2v) is 12.8. The van der Waals surface area contributed by atoms with Crippen LogP contribution in [-0.2, 0) is 34.9 Å². The quantitative estimate of drug-likeness (QED) is 0.209. The van der Waals surface area contributed by atoms with Gasteiger partial charge in [-0.05, 0) is 52.4 Å². The van der Waals surface area contributed by atoms with Crippen LogP contribution in [0.15, 0.2) is 6.33 Å². The van der Waals surface area contributed by atoms with Crippen LogP contribution in [0.1, 0.15) is 52.4 Å². The van der Waals surface area contributed by atoms with Gasteiger partial charge in [0.2, 0.25) is 19.3 Å². The largest absolute Gasteiger partial charge is 0.473 e. The lowest BCUT2D eigenvalue weighted by molar-refractivity contribution is -0.147. The molecule has 3 aliphatic rings. The number of fused-ring (bicyclic) bond motifs is 1. The van der Waals surface area contributed by atoms with Gasteiger partial charge >= 0.3 is 11.9 Å². The first-order valence-electron chi connectivity index (χ1n) is 14.0. The fraction of sp³-hybridized carbons (Fsp3) is 0.720. The topological polar surface area (TPSA) is 164 Å². The summed E-state index contributed by atoms with van der Waals surface area (Å²) in [4.78, 5) is 38.5. The summed E-state index contributed by atoms with van der Waals surface area (Å²) in [6, 6.07) is -1.31. The number of imidazole rings is 1. The molecule has 4 heterocycles. The molecule has 1 saturated carbocycles. The van der Waals surface area contributed by atoms with E-state index in [0.29, 0.717) is 62.4 Å². The average molecular weight is 580 g/mol. The van der Waals surface area contributed by atoms with Crippen molar-refractivity contribution in [3.63, 3.8) is 0 Å². The highest BCUT2D eigenvalue weighted by molar-refractivity contribution is 7.59. The van der Waals surface area contributed by atoms with Gasteiger partial charge in [0.15, 0.2) is 11.2 Å². The Morgan fingerprint density at radius 3 is 2.20 bits per heavy atom. The van der Waals surface area contributed by atoms with Gasteiger partial charge in [0.05, 0.1) is 26.1 Å². The zero-order chi connectivity index (χ0) is 28.3. The highest BCUT2D eigenvalue weighted by Gasteiger charge is 2.51. The number of anilines is 1. The summed E-state index contributed by atoms with van der Waals surface area (Å²) in [7, 11) is -3.51. The zero-order valence-electron chi connectivity index (χ0n) is 23.1. The Labute approximate surface area is 233 Å². The Morgan fingerprint density at radius 1 is 1.00 bits per heavy atom. The van der Waals surface area contributed by atoms with Gasteiger partial charge in [-0.25, -0.2) is 14.3 Å². The van der Waals surface area contributed by atoms with Crippen molar-refractivity contribution in [2.45, 2.75) is 77.1 Å². The molecule has 0 unspecified atom stereocenters. The van der Waals surface area contributed by atoms with Crippen LogP contribution in [-0.4, -0.2) is 98.2 Å². The third kappa shape index (κ3) is 5.95. The van der Waals surface area contributed by atoms with Crippen LogP contribution in [0.3, 0.4) is 0 Å². The Hall–Kier alpha value is -2.80. The van der Waals surface area contributed by atoms with Crippen molar-refractivity contribution in [1.82, 2.24) is 28.9 Å². The molecule has 0 spiro atoms. The van der Waals surface area contributed by atoms with E-state index in [1.165, 1.54) is 0 Å². The molecule has 5 rings (SSSR count). The van der Waals surface area contributed by atoms with E-state index in [0.717, 1.165) is 12.8 Å². The molecule has 15 heteroatoms. The van der Waals surface area contributed by atoms with Gasteiger partial charge in [-0.15, -0.1) is 0 Å². The van der Waals surface area contributed by atoms with Gasteiger partial charge in [0, 0.05) is 19.6 Å². The maximum Gasteiger partial charge on any atom is 0.323 e. The van der Waals surface area contributed by atoms with Crippen LogP contribution in [0, 0.1) is 0 Å². The van der Waals surface area contributed by atoms with Crippen molar-refractivity contribution in [2.24, 2.45) is 0 Å². The predicted octanol–water partition coefficient (Wildman–Crippen LogP) is 2.17. The second-order valence-electron chi connectivity index (χ2n) is 10.2. The highest BCUT2D eigenvalue weighted by atomic mass is 31.2. The maximum atomic E-state index is 14.9. The van der Waals surface area contributed by atoms with Gasteiger partial charge in [0.1, 0.15) is 24.5 Å². The van der Waals surface area contributed by atoms with Gasteiger partial charge < -0.3 is 29.2 Å². The second kappa shape index (κ2) is 12.4. The summed E-state index contributed by atoms with van der Waals surface area (Å²) < 4.78 is 42.6. The van der Waals surface area contributed by atoms with Crippen molar-refractivity contribution in [3.8, 4) is 5.88 Å². The number of carbonyl (C=O) groups is 2. The minimum absolute atomic E-state index is 0.0911. The van der Waals surface area contributed by atoms with E-state index < -0.39 is 31.5 Å². The summed E-state index contributed by atoms with van der Waals surface area (Å²) >= 11 is 0. The number of aromatic nitrogens is 4. The first-order valence-corrected chi connectivity index (χ1v) is 15.8. The SMILES string of the molecule is CCOC(=O)[C@@H]1CCCN1P(=O)(COCCn1cnc2c(OC3CC3)nc(N)nc21)N1CCC[C@H]1C(=O)OCC. The lowest BCUT2D eigenvalue weighted by Crippen LogP contribution is -2.45. The molecule has 2 aromatic rings. The molecular weight excluding hydrogens is 541 g/mol. The number of rotatable bonds is 13.